The summed E-state index contributed by atoms with van der Waals surface area (Å²) < 4.78 is 0. The number of rotatable bonds is 5. The first-order chi connectivity index (χ1) is 9.27. The quantitative estimate of drug-likeness (QED) is 0.876. The van der Waals surface area contributed by atoms with Crippen molar-refractivity contribution in [3.8, 4) is 0 Å². The zero-order valence-corrected chi connectivity index (χ0v) is 12.4. The van der Waals surface area contributed by atoms with Crippen molar-refractivity contribution in [3.05, 3.63) is 35.9 Å². The van der Waals surface area contributed by atoms with Gasteiger partial charge in [0.25, 0.3) is 0 Å². The summed E-state index contributed by atoms with van der Waals surface area (Å²) in [7, 11) is 0. The van der Waals surface area contributed by atoms with E-state index in [0.717, 1.165) is 13.1 Å². The molecule has 106 valence electrons. The van der Waals surface area contributed by atoms with Gasteiger partial charge in [0.05, 0.1) is 0 Å². The maximum atomic E-state index is 6.00. The molecule has 0 amide bonds. The lowest BCUT2D eigenvalue weighted by Crippen LogP contribution is -2.46. The van der Waals surface area contributed by atoms with E-state index >= 15 is 0 Å². The van der Waals surface area contributed by atoms with Crippen molar-refractivity contribution >= 4 is 0 Å². The number of nitrogens with zero attached hydrogens (tertiary/aromatic N) is 1. The van der Waals surface area contributed by atoms with Crippen LogP contribution in [0.3, 0.4) is 0 Å². The summed E-state index contributed by atoms with van der Waals surface area (Å²) in [5.41, 5.74) is 7.42. The van der Waals surface area contributed by atoms with Crippen molar-refractivity contribution in [2.45, 2.75) is 51.6 Å². The van der Waals surface area contributed by atoms with Crippen LogP contribution in [0.2, 0.25) is 0 Å². The zero-order chi connectivity index (χ0) is 13.7. The van der Waals surface area contributed by atoms with Gasteiger partial charge < -0.3 is 5.73 Å². The van der Waals surface area contributed by atoms with E-state index < -0.39 is 0 Å². The van der Waals surface area contributed by atoms with Gasteiger partial charge in [-0.1, -0.05) is 50.1 Å². The van der Waals surface area contributed by atoms with Gasteiger partial charge in [0, 0.05) is 12.1 Å². The summed E-state index contributed by atoms with van der Waals surface area (Å²) in [6.45, 7) is 6.56. The molecule has 19 heavy (non-hydrogen) atoms. The second-order valence-corrected chi connectivity index (χ2v) is 5.76. The van der Waals surface area contributed by atoms with Gasteiger partial charge >= 0.3 is 0 Å². The molecule has 2 rings (SSSR count). The van der Waals surface area contributed by atoms with Crippen molar-refractivity contribution in [1.29, 1.82) is 0 Å². The third kappa shape index (κ3) is 3.37. The first-order valence-corrected chi connectivity index (χ1v) is 7.78. The van der Waals surface area contributed by atoms with E-state index in [9.17, 15) is 0 Å². The lowest BCUT2D eigenvalue weighted by atomic mass is 9.82. The summed E-state index contributed by atoms with van der Waals surface area (Å²) in [5.74, 6) is 0.680. The molecule has 0 aliphatic heterocycles. The van der Waals surface area contributed by atoms with Crippen LogP contribution in [-0.2, 0) is 0 Å². The van der Waals surface area contributed by atoms with Crippen molar-refractivity contribution in [2.24, 2.45) is 11.7 Å². The van der Waals surface area contributed by atoms with E-state index in [2.05, 4.69) is 49.1 Å². The monoisotopic (exact) mass is 260 g/mol. The zero-order valence-electron chi connectivity index (χ0n) is 12.4. The second kappa shape index (κ2) is 7.06. The van der Waals surface area contributed by atoms with E-state index in [4.69, 9.17) is 5.73 Å². The Bertz CT molecular complexity index is 363. The lowest BCUT2D eigenvalue weighted by Gasteiger charge is -2.42. The highest BCUT2D eigenvalue weighted by molar-refractivity contribution is 5.18. The van der Waals surface area contributed by atoms with Gasteiger partial charge in [0.15, 0.2) is 0 Å². The Kier molecular flexibility index (Phi) is 5.41. The molecular weight excluding hydrogens is 232 g/mol. The van der Waals surface area contributed by atoms with Crippen molar-refractivity contribution < 1.29 is 0 Å². The molecule has 0 saturated heterocycles. The number of nitrogens with two attached hydrogens (primary N) is 1. The standard InChI is InChI=1S/C17H28N2/c1-3-19(14(2)15-9-5-4-6-10-15)17-12-8-7-11-16(17)13-18/h4-6,9-10,14,16-17H,3,7-8,11-13,18H2,1-2H3. The molecule has 0 heterocycles. The molecule has 1 aliphatic carbocycles. The minimum Gasteiger partial charge on any atom is -0.330 e. The maximum Gasteiger partial charge on any atom is 0.0322 e. The van der Waals surface area contributed by atoms with Crippen LogP contribution in [0.1, 0.15) is 51.1 Å². The van der Waals surface area contributed by atoms with Crippen LogP contribution in [0.5, 0.6) is 0 Å². The average Bonchev–Trinajstić information content (AvgIpc) is 2.49. The van der Waals surface area contributed by atoms with Crippen LogP contribution in [0, 0.1) is 5.92 Å². The predicted molar refractivity (Wildman–Crippen MR) is 82.0 cm³/mol. The average molecular weight is 260 g/mol. The molecule has 0 bridgehead atoms. The van der Waals surface area contributed by atoms with Crippen LogP contribution >= 0.6 is 0 Å². The van der Waals surface area contributed by atoms with Crippen molar-refractivity contribution in [3.63, 3.8) is 0 Å². The van der Waals surface area contributed by atoms with Crippen LogP contribution in [0.4, 0.5) is 0 Å². The van der Waals surface area contributed by atoms with E-state index in [1.54, 1.807) is 0 Å². The smallest absolute Gasteiger partial charge is 0.0322 e. The highest BCUT2D eigenvalue weighted by Crippen LogP contribution is 2.33. The van der Waals surface area contributed by atoms with Crippen molar-refractivity contribution in [1.82, 2.24) is 4.90 Å². The van der Waals surface area contributed by atoms with Gasteiger partial charge in [-0.15, -0.1) is 0 Å². The largest absolute Gasteiger partial charge is 0.330 e. The molecule has 0 radical (unpaired) electrons. The molecule has 1 saturated carbocycles. The van der Waals surface area contributed by atoms with Crippen LogP contribution < -0.4 is 5.73 Å². The Hall–Kier alpha value is -0.860. The molecule has 2 N–H and O–H groups in total. The Morgan fingerprint density at radius 1 is 1.21 bits per heavy atom. The Labute approximate surface area is 118 Å². The molecule has 0 spiro atoms. The number of benzene rings is 1. The van der Waals surface area contributed by atoms with E-state index in [-0.39, 0.29) is 0 Å². The number of hydrogen-bond acceptors (Lipinski definition) is 2. The summed E-state index contributed by atoms with van der Waals surface area (Å²) in [4.78, 5) is 2.66. The van der Waals surface area contributed by atoms with Crippen molar-refractivity contribution in [2.75, 3.05) is 13.1 Å². The van der Waals surface area contributed by atoms with E-state index in [1.807, 2.05) is 0 Å². The third-order valence-corrected chi connectivity index (χ3v) is 4.74. The molecule has 1 aliphatic rings. The van der Waals surface area contributed by atoms with Crippen LogP contribution in [0.25, 0.3) is 0 Å². The Morgan fingerprint density at radius 2 is 1.89 bits per heavy atom. The fourth-order valence-corrected chi connectivity index (χ4v) is 3.62. The lowest BCUT2D eigenvalue weighted by molar-refractivity contribution is 0.0769. The summed E-state index contributed by atoms with van der Waals surface area (Å²) in [6, 6.07) is 12.0. The van der Waals surface area contributed by atoms with Gasteiger partial charge in [0.2, 0.25) is 0 Å². The summed E-state index contributed by atoms with van der Waals surface area (Å²) in [5, 5.41) is 0. The van der Waals surface area contributed by atoms with Gasteiger partial charge in [-0.3, -0.25) is 4.90 Å². The minimum absolute atomic E-state index is 0.489. The molecule has 3 atom stereocenters. The maximum absolute atomic E-state index is 6.00. The highest BCUT2D eigenvalue weighted by atomic mass is 15.2. The molecule has 1 aromatic rings. The van der Waals surface area contributed by atoms with Crippen LogP contribution in [-0.4, -0.2) is 24.0 Å². The summed E-state index contributed by atoms with van der Waals surface area (Å²) >= 11 is 0. The first-order valence-electron chi connectivity index (χ1n) is 7.78. The van der Waals surface area contributed by atoms with Gasteiger partial charge in [-0.2, -0.15) is 0 Å². The highest BCUT2D eigenvalue weighted by Gasteiger charge is 2.31. The Balaban J connectivity index is 2.14. The molecular formula is C17H28N2. The van der Waals surface area contributed by atoms with Gasteiger partial charge in [0.1, 0.15) is 0 Å². The second-order valence-electron chi connectivity index (χ2n) is 5.76. The first kappa shape index (κ1) is 14.5. The molecule has 1 aromatic carbocycles. The SMILES string of the molecule is CCN(C(C)c1ccccc1)C1CCCCC1CN. The molecule has 1 fully saturated rings. The molecule has 0 aromatic heterocycles. The predicted octanol–water partition coefficient (Wildman–Crippen LogP) is 3.59. The van der Waals surface area contributed by atoms with Gasteiger partial charge in [-0.05, 0) is 44.3 Å². The molecule has 3 unspecified atom stereocenters. The van der Waals surface area contributed by atoms with Crippen LogP contribution in [0.15, 0.2) is 30.3 Å². The normalized spacial score (nSPS) is 25.5. The number of hydrogen-bond donors (Lipinski definition) is 1. The third-order valence-electron chi connectivity index (χ3n) is 4.74. The summed E-state index contributed by atoms with van der Waals surface area (Å²) in [6.07, 6.45) is 5.33. The van der Waals surface area contributed by atoms with E-state index in [0.29, 0.717) is 18.0 Å². The fraction of sp³-hybridized carbons (Fsp3) is 0.647. The topological polar surface area (TPSA) is 29.3 Å². The molecule has 2 nitrogen and oxygen atoms in total. The fourth-order valence-electron chi connectivity index (χ4n) is 3.62. The van der Waals surface area contributed by atoms with Gasteiger partial charge in [-0.25, -0.2) is 0 Å². The minimum atomic E-state index is 0.489. The van der Waals surface area contributed by atoms with E-state index in [1.165, 1.54) is 31.2 Å². The Morgan fingerprint density at radius 3 is 2.53 bits per heavy atom. The molecule has 2 heteroatoms.